The first kappa shape index (κ1) is 14.3. The van der Waals surface area contributed by atoms with E-state index in [0.29, 0.717) is 11.8 Å². The molecule has 1 saturated heterocycles. The molecule has 1 amide bonds. The number of hydrogen-bond donors (Lipinski definition) is 1. The summed E-state index contributed by atoms with van der Waals surface area (Å²) >= 11 is 3.42. The highest BCUT2D eigenvalue weighted by Crippen LogP contribution is 2.25. The van der Waals surface area contributed by atoms with E-state index in [-0.39, 0.29) is 5.91 Å². The Bertz CT molecular complexity index is 453. The lowest BCUT2D eigenvalue weighted by atomic mass is 10.2. The zero-order valence-electron chi connectivity index (χ0n) is 11.2. The first-order valence-corrected chi connectivity index (χ1v) is 7.30. The van der Waals surface area contributed by atoms with E-state index in [9.17, 15) is 4.79 Å². The van der Waals surface area contributed by atoms with Gasteiger partial charge in [0.1, 0.15) is 5.75 Å². The van der Waals surface area contributed by atoms with Gasteiger partial charge in [-0.05, 0) is 41.9 Å². The molecule has 4 nitrogen and oxygen atoms in total. The zero-order valence-corrected chi connectivity index (χ0v) is 12.8. The van der Waals surface area contributed by atoms with Gasteiger partial charge in [0.05, 0.1) is 4.47 Å². The van der Waals surface area contributed by atoms with Crippen LogP contribution in [0.5, 0.6) is 5.75 Å². The molecule has 1 fully saturated rings. The minimum Gasteiger partial charge on any atom is -0.480 e. The Hall–Kier alpha value is -1.07. The highest BCUT2D eigenvalue weighted by atomic mass is 79.9. The van der Waals surface area contributed by atoms with Crippen molar-refractivity contribution in [3.05, 3.63) is 28.7 Å². The topological polar surface area (TPSA) is 41.6 Å². The Morgan fingerprint density at radius 2 is 2.26 bits per heavy atom. The number of nitrogens with zero attached hydrogens (tertiary/aromatic N) is 1. The van der Waals surface area contributed by atoms with Crippen molar-refractivity contribution in [1.29, 1.82) is 0 Å². The third-order valence-electron chi connectivity index (χ3n) is 3.17. The summed E-state index contributed by atoms with van der Waals surface area (Å²) in [5.74, 6) is 0.746. The third-order valence-corrected chi connectivity index (χ3v) is 3.82. The Labute approximate surface area is 122 Å². The number of para-hydroxylation sites is 1. The zero-order chi connectivity index (χ0) is 13.8. The van der Waals surface area contributed by atoms with Gasteiger partial charge >= 0.3 is 0 Å². The summed E-state index contributed by atoms with van der Waals surface area (Å²) in [6, 6.07) is 7.91. The molecule has 1 aliphatic heterocycles. The highest BCUT2D eigenvalue weighted by molar-refractivity contribution is 9.10. The number of benzene rings is 1. The average molecular weight is 327 g/mol. The summed E-state index contributed by atoms with van der Waals surface area (Å²) in [4.78, 5) is 14.2. The molecule has 0 aliphatic carbocycles. The van der Waals surface area contributed by atoms with Gasteiger partial charge in [-0.3, -0.25) is 4.79 Å². The van der Waals surface area contributed by atoms with Crippen molar-refractivity contribution in [3.63, 3.8) is 0 Å². The fraction of sp³-hybridized carbons (Fsp3) is 0.500. The lowest BCUT2D eigenvalue weighted by Crippen LogP contribution is -2.54. The van der Waals surface area contributed by atoms with Crippen molar-refractivity contribution in [2.75, 3.05) is 19.6 Å². The largest absolute Gasteiger partial charge is 0.480 e. The van der Waals surface area contributed by atoms with Crippen molar-refractivity contribution in [2.45, 2.75) is 26.0 Å². The Morgan fingerprint density at radius 3 is 2.95 bits per heavy atom. The number of nitrogens with one attached hydrogen (secondary N) is 1. The number of hydrogen-bond acceptors (Lipinski definition) is 3. The molecule has 1 aliphatic rings. The first-order chi connectivity index (χ1) is 9.08. The maximum Gasteiger partial charge on any atom is 0.263 e. The molecule has 19 heavy (non-hydrogen) atoms. The molecular formula is C14H19BrN2O2. The summed E-state index contributed by atoms with van der Waals surface area (Å²) in [6.07, 6.45) is -0.469. The van der Waals surface area contributed by atoms with Gasteiger partial charge in [0, 0.05) is 25.7 Å². The van der Waals surface area contributed by atoms with E-state index in [1.54, 1.807) is 6.92 Å². The highest BCUT2D eigenvalue weighted by Gasteiger charge is 2.26. The van der Waals surface area contributed by atoms with Crippen LogP contribution >= 0.6 is 15.9 Å². The molecule has 1 aromatic carbocycles. The fourth-order valence-corrected chi connectivity index (χ4v) is 2.55. The second kappa shape index (κ2) is 6.39. The quantitative estimate of drug-likeness (QED) is 0.924. The minimum atomic E-state index is -0.469. The maximum atomic E-state index is 12.3. The Kier molecular flexibility index (Phi) is 4.82. The fourth-order valence-electron chi connectivity index (χ4n) is 2.17. The van der Waals surface area contributed by atoms with Crippen LogP contribution in [0.1, 0.15) is 13.8 Å². The van der Waals surface area contributed by atoms with E-state index in [2.05, 4.69) is 28.2 Å². The van der Waals surface area contributed by atoms with Crippen LogP contribution in [0.4, 0.5) is 0 Å². The molecule has 0 unspecified atom stereocenters. The predicted octanol–water partition coefficient (Wildman–Crippen LogP) is 2.04. The van der Waals surface area contributed by atoms with Crippen LogP contribution in [0.3, 0.4) is 0 Å². The van der Waals surface area contributed by atoms with Crippen LogP contribution in [-0.2, 0) is 4.79 Å². The maximum absolute atomic E-state index is 12.3. The van der Waals surface area contributed by atoms with Gasteiger partial charge in [-0.1, -0.05) is 12.1 Å². The summed E-state index contributed by atoms with van der Waals surface area (Å²) in [6.45, 7) is 6.21. The van der Waals surface area contributed by atoms with Crippen LogP contribution in [-0.4, -0.2) is 42.6 Å². The summed E-state index contributed by atoms with van der Waals surface area (Å²) < 4.78 is 6.60. The monoisotopic (exact) mass is 326 g/mol. The second-order valence-corrected chi connectivity index (χ2v) is 5.68. The summed E-state index contributed by atoms with van der Waals surface area (Å²) in [7, 11) is 0. The van der Waals surface area contributed by atoms with Crippen molar-refractivity contribution < 1.29 is 9.53 Å². The van der Waals surface area contributed by atoms with E-state index in [4.69, 9.17) is 4.74 Å². The van der Waals surface area contributed by atoms with E-state index in [0.717, 1.165) is 24.1 Å². The van der Waals surface area contributed by atoms with Crippen LogP contribution in [0, 0.1) is 0 Å². The molecule has 5 heteroatoms. The van der Waals surface area contributed by atoms with Gasteiger partial charge in [0.2, 0.25) is 0 Å². The van der Waals surface area contributed by atoms with E-state index < -0.39 is 6.10 Å². The molecule has 0 saturated carbocycles. The molecule has 1 heterocycles. The third kappa shape index (κ3) is 3.70. The summed E-state index contributed by atoms with van der Waals surface area (Å²) in [5.41, 5.74) is 0. The standard InChI is InChI=1S/C14H19BrN2O2/c1-10-9-17(8-7-16-10)14(18)11(2)19-13-6-4-3-5-12(13)15/h3-6,10-11,16H,7-9H2,1-2H3/t10-,11+/m0/s1. The van der Waals surface area contributed by atoms with Crippen molar-refractivity contribution >= 4 is 21.8 Å². The van der Waals surface area contributed by atoms with Gasteiger partial charge in [-0.15, -0.1) is 0 Å². The lowest BCUT2D eigenvalue weighted by Gasteiger charge is -2.33. The molecule has 2 atom stereocenters. The van der Waals surface area contributed by atoms with E-state index >= 15 is 0 Å². The smallest absolute Gasteiger partial charge is 0.263 e. The van der Waals surface area contributed by atoms with E-state index in [1.807, 2.05) is 29.2 Å². The number of ether oxygens (including phenoxy) is 1. The number of rotatable bonds is 3. The predicted molar refractivity (Wildman–Crippen MR) is 78.3 cm³/mol. The Morgan fingerprint density at radius 1 is 1.53 bits per heavy atom. The Balaban J connectivity index is 1.97. The van der Waals surface area contributed by atoms with Gasteiger partial charge in [-0.25, -0.2) is 0 Å². The molecule has 104 valence electrons. The molecule has 0 radical (unpaired) electrons. The molecule has 1 aromatic rings. The van der Waals surface area contributed by atoms with Gasteiger partial charge < -0.3 is 15.0 Å². The first-order valence-electron chi connectivity index (χ1n) is 6.51. The number of carbonyl (C=O) groups is 1. The van der Waals surface area contributed by atoms with Crippen LogP contribution in [0.25, 0.3) is 0 Å². The number of amides is 1. The molecule has 0 aromatic heterocycles. The average Bonchev–Trinajstić information content (AvgIpc) is 2.40. The minimum absolute atomic E-state index is 0.0455. The van der Waals surface area contributed by atoms with E-state index in [1.165, 1.54) is 0 Å². The van der Waals surface area contributed by atoms with Crippen LogP contribution < -0.4 is 10.1 Å². The molecule has 0 spiro atoms. The molecular weight excluding hydrogens is 308 g/mol. The van der Waals surface area contributed by atoms with Gasteiger partial charge in [0.25, 0.3) is 5.91 Å². The number of carbonyl (C=O) groups excluding carboxylic acids is 1. The molecule has 0 bridgehead atoms. The van der Waals surface area contributed by atoms with Gasteiger partial charge in [0.15, 0.2) is 6.10 Å². The van der Waals surface area contributed by atoms with Crippen molar-refractivity contribution in [1.82, 2.24) is 10.2 Å². The molecule has 1 N–H and O–H groups in total. The number of halogens is 1. The summed E-state index contributed by atoms with van der Waals surface area (Å²) in [5, 5.41) is 3.32. The van der Waals surface area contributed by atoms with Crippen molar-refractivity contribution in [3.8, 4) is 5.75 Å². The van der Waals surface area contributed by atoms with Crippen LogP contribution in [0.15, 0.2) is 28.7 Å². The van der Waals surface area contributed by atoms with Gasteiger partial charge in [-0.2, -0.15) is 0 Å². The van der Waals surface area contributed by atoms with Crippen LogP contribution in [0.2, 0.25) is 0 Å². The molecule has 2 rings (SSSR count). The van der Waals surface area contributed by atoms with Crippen molar-refractivity contribution in [2.24, 2.45) is 0 Å². The SMILES string of the molecule is C[C@H]1CN(C(=O)[C@@H](C)Oc2ccccc2Br)CCN1. The second-order valence-electron chi connectivity index (χ2n) is 4.83. The normalized spacial score (nSPS) is 21.0. The number of piperazine rings is 1. The lowest BCUT2D eigenvalue weighted by molar-refractivity contribution is -0.139.